The van der Waals surface area contributed by atoms with E-state index in [0.29, 0.717) is 0 Å². The van der Waals surface area contributed by atoms with Gasteiger partial charge in [-0.25, -0.2) is 0 Å². The van der Waals surface area contributed by atoms with E-state index in [1.54, 1.807) is 0 Å². The van der Waals surface area contributed by atoms with Gasteiger partial charge in [-0.3, -0.25) is 4.48 Å². The lowest BCUT2D eigenvalue weighted by Gasteiger charge is -2.26. The van der Waals surface area contributed by atoms with Crippen molar-refractivity contribution in [1.82, 2.24) is 4.48 Å². The van der Waals surface area contributed by atoms with Crippen LogP contribution in [0.4, 0.5) is 5.69 Å². The molecular weight excluding hydrogens is 266 g/mol. The summed E-state index contributed by atoms with van der Waals surface area (Å²) >= 11 is 0. The summed E-state index contributed by atoms with van der Waals surface area (Å²) in [6.45, 7) is 2.28. The first kappa shape index (κ1) is 19.5. The van der Waals surface area contributed by atoms with Crippen molar-refractivity contribution in [2.24, 2.45) is 0 Å². The summed E-state index contributed by atoms with van der Waals surface area (Å²) in [5.41, 5.74) is 3.00. The van der Waals surface area contributed by atoms with Gasteiger partial charge in [-0.15, -0.1) is 0 Å². The van der Waals surface area contributed by atoms with Crippen LogP contribution in [0.25, 0.3) is 0 Å². The summed E-state index contributed by atoms with van der Waals surface area (Å²) in [6, 6.07) is 8.91. The van der Waals surface area contributed by atoms with E-state index in [1.807, 2.05) is 0 Å². The van der Waals surface area contributed by atoms with Crippen LogP contribution in [0.5, 0.6) is 0 Å². The van der Waals surface area contributed by atoms with Crippen LogP contribution in [0.2, 0.25) is 0 Å². The smallest absolute Gasteiger partial charge is 0.135 e. The molecule has 0 saturated heterocycles. The zero-order valence-corrected chi connectivity index (χ0v) is 14.5. The summed E-state index contributed by atoms with van der Waals surface area (Å²) in [7, 11) is 6.76. The normalized spacial score (nSPS) is 11.2. The third-order valence-corrected chi connectivity index (χ3v) is 3.76. The first-order valence-electron chi connectivity index (χ1n) is 7.95. The molecule has 0 atom stereocenters. The second kappa shape index (κ2) is 10.2. The third-order valence-electron chi connectivity index (χ3n) is 3.76. The van der Waals surface area contributed by atoms with Crippen LogP contribution in [0.1, 0.15) is 57.4 Å². The van der Waals surface area contributed by atoms with E-state index in [1.165, 1.54) is 62.6 Å². The predicted octanol–water partition coefficient (Wildman–Crippen LogP) is 2.18. The molecule has 0 N–H and O–H groups in total. The van der Waals surface area contributed by atoms with Crippen molar-refractivity contribution in [3.05, 3.63) is 29.8 Å². The summed E-state index contributed by atoms with van der Waals surface area (Å²) in [5, 5.41) is 0. The van der Waals surface area contributed by atoms with Gasteiger partial charge in [0.2, 0.25) is 0 Å². The Morgan fingerprint density at radius 2 is 1.35 bits per heavy atom. The van der Waals surface area contributed by atoms with E-state index in [0.717, 1.165) is 4.48 Å². The molecule has 1 nitrogen and oxygen atoms in total. The minimum absolute atomic E-state index is 0. The molecule has 0 radical (unpaired) electrons. The molecular formula is C18H32ClN. The molecule has 0 fully saturated rings. The Balaban J connectivity index is 0.00000361. The molecule has 0 bridgehead atoms. The van der Waals surface area contributed by atoms with Crippen LogP contribution in [-0.2, 0) is 6.42 Å². The second-order valence-electron chi connectivity index (χ2n) is 6.51. The van der Waals surface area contributed by atoms with Crippen molar-refractivity contribution >= 4 is 5.69 Å². The lowest BCUT2D eigenvalue weighted by molar-refractivity contribution is -0.00000440. The molecule has 0 saturated carbocycles. The van der Waals surface area contributed by atoms with Crippen molar-refractivity contribution in [2.75, 3.05) is 21.1 Å². The van der Waals surface area contributed by atoms with Crippen LogP contribution in [-0.4, -0.2) is 21.1 Å². The second-order valence-corrected chi connectivity index (χ2v) is 6.51. The summed E-state index contributed by atoms with van der Waals surface area (Å²) in [4.78, 5) is 0. The fraction of sp³-hybridized carbons (Fsp3) is 0.667. The van der Waals surface area contributed by atoms with Crippen LogP contribution in [0.15, 0.2) is 24.3 Å². The minimum Gasteiger partial charge on any atom is -1.00 e. The van der Waals surface area contributed by atoms with Crippen molar-refractivity contribution < 1.29 is 12.4 Å². The standard InChI is InChI=1S/C18H32N.ClH/c1-5-6-7-8-9-10-11-14-17-15-12-13-16-18(17)19(2,3)4;/h12-13,15-16H,5-11,14H2,1-4H3;1H/q+1;/p-1. The highest BCUT2D eigenvalue weighted by molar-refractivity contribution is 5.49. The first-order valence-corrected chi connectivity index (χ1v) is 7.95. The maximum absolute atomic E-state index is 2.30. The summed E-state index contributed by atoms with van der Waals surface area (Å²) in [5.74, 6) is 0. The number of nitrogens with zero attached hydrogens (tertiary/aromatic N) is 1. The van der Waals surface area contributed by atoms with Gasteiger partial charge >= 0.3 is 0 Å². The minimum atomic E-state index is 0. The van der Waals surface area contributed by atoms with Crippen LogP contribution < -0.4 is 16.9 Å². The Bertz CT molecular complexity index is 355. The SMILES string of the molecule is CCCCCCCCCc1ccccc1[N+](C)(C)C.[Cl-]. The molecule has 2 heteroatoms. The number of para-hydroxylation sites is 1. The van der Waals surface area contributed by atoms with Gasteiger partial charge in [0, 0.05) is 5.56 Å². The average molecular weight is 298 g/mol. The van der Waals surface area contributed by atoms with E-state index in [4.69, 9.17) is 0 Å². The highest BCUT2D eigenvalue weighted by Gasteiger charge is 2.15. The fourth-order valence-corrected chi connectivity index (χ4v) is 2.65. The van der Waals surface area contributed by atoms with Crippen molar-refractivity contribution in [2.45, 2.75) is 58.3 Å². The number of hydrogen-bond acceptors (Lipinski definition) is 0. The van der Waals surface area contributed by atoms with Gasteiger partial charge in [0.25, 0.3) is 0 Å². The number of quaternary nitrogens is 1. The molecule has 1 rings (SSSR count). The number of rotatable bonds is 9. The molecule has 20 heavy (non-hydrogen) atoms. The quantitative estimate of drug-likeness (QED) is 0.484. The predicted molar refractivity (Wildman–Crippen MR) is 87.7 cm³/mol. The molecule has 0 aliphatic carbocycles. The molecule has 0 amide bonds. The van der Waals surface area contributed by atoms with Gasteiger partial charge in [0.05, 0.1) is 21.1 Å². The van der Waals surface area contributed by atoms with Crippen LogP contribution in [0, 0.1) is 0 Å². The van der Waals surface area contributed by atoms with Gasteiger partial charge in [0.1, 0.15) is 5.69 Å². The van der Waals surface area contributed by atoms with Gasteiger partial charge in [-0.05, 0) is 18.9 Å². The first-order chi connectivity index (χ1) is 9.05. The maximum Gasteiger partial charge on any atom is 0.135 e. The molecule has 0 aromatic heterocycles. The van der Waals surface area contributed by atoms with Crippen molar-refractivity contribution in [3.63, 3.8) is 0 Å². The van der Waals surface area contributed by atoms with Crippen LogP contribution in [0.3, 0.4) is 0 Å². The van der Waals surface area contributed by atoms with E-state index in [-0.39, 0.29) is 12.4 Å². The summed E-state index contributed by atoms with van der Waals surface area (Å²) < 4.78 is 0.923. The Morgan fingerprint density at radius 1 is 0.800 bits per heavy atom. The Kier molecular flexibility index (Phi) is 9.96. The van der Waals surface area contributed by atoms with Crippen molar-refractivity contribution in [1.29, 1.82) is 0 Å². The maximum atomic E-state index is 2.30. The van der Waals surface area contributed by atoms with Gasteiger partial charge in [-0.1, -0.05) is 63.6 Å². The zero-order chi connectivity index (χ0) is 14.1. The van der Waals surface area contributed by atoms with Crippen molar-refractivity contribution in [3.8, 4) is 0 Å². The van der Waals surface area contributed by atoms with E-state index in [2.05, 4.69) is 52.3 Å². The molecule has 0 heterocycles. The molecule has 0 unspecified atom stereocenters. The van der Waals surface area contributed by atoms with E-state index >= 15 is 0 Å². The fourth-order valence-electron chi connectivity index (χ4n) is 2.65. The number of aryl methyl sites for hydroxylation is 1. The molecule has 1 aromatic carbocycles. The van der Waals surface area contributed by atoms with Crippen LogP contribution >= 0.6 is 0 Å². The zero-order valence-electron chi connectivity index (χ0n) is 13.8. The highest BCUT2D eigenvalue weighted by Crippen LogP contribution is 2.24. The monoisotopic (exact) mass is 297 g/mol. The number of halogens is 1. The third kappa shape index (κ3) is 7.31. The van der Waals surface area contributed by atoms with Gasteiger partial charge in [0.15, 0.2) is 0 Å². The Hall–Kier alpha value is -0.530. The van der Waals surface area contributed by atoms with E-state index < -0.39 is 0 Å². The van der Waals surface area contributed by atoms with Gasteiger partial charge < -0.3 is 12.4 Å². The van der Waals surface area contributed by atoms with Gasteiger partial charge in [-0.2, -0.15) is 0 Å². The highest BCUT2D eigenvalue weighted by atomic mass is 35.5. The number of unbranched alkanes of at least 4 members (excludes halogenated alkanes) is 6. The Morgan fingerprint density at radius 3 is 1.95 bits per heavy atom. The largest absolute Gasteiger partial charge is 1.00 e. The lowest BCUT2D eigenvalue weighted by Crippen LogP contribution is -3.00. The number of hydrogen-bond donors (Lipinski definition) is 0. The summed E-state index contributed by atoms with van der Waals surface area (Å²) in [6.07, 6.45) is 11.0. The topological polar surface area (TPSA) is 0 Å². The molecule has 0 spiro atoms. The average Bonchev–Trinajstić information content (AvgIpc) is 2.37. The molecule has 1 aromatic rings. The Labute approximate surface area is 132 Å². The lowest BCUT2D eigenvalue weighted by atomic mass is 10.0. The molecule has 116 valence electrons. The molecule has 0 aliphatic heterocycles. The number of benzene rings is 1. The molecule has 0 aliphatic rings. The van der Waals surface area contributed by atoms with E-state index in [9.17, 15) is 0 Å².